The molecule has 230 valence electrons. The molecule has 0 amide bonds. The van der Waals surface area contributed by atoms with Crippen LogP contribution in [0.2, 0.25) is 0 Å². The fraction of sp³-hybridized carbons (Fsp3) is 0.235. The zero-order valence-electron chi connectivity index (χ0n) is 25.1. The van der Waals surface area contributed by atoms with Gasteiger partial charge in [0.25, 0.3) is 5.56 Å². The van der Waals surface area contributed by atoms with E-state index in [1.165, 1.54) is 23.0 Å². The van der Waals surface area contributed by atoms with Crippen LogP contribution in [0.15, 0.2) is 86.2 Å². The lowest BCUT2D eigenvalue weighted by Gasteiger charge is -2.26. The molecule has 1 aliphatic rings. The van der Waals surface area contributed by atoms with Gasteiger partial charge < -0.3 is 18.9 Å². The van der Waals surface area contributed by atoms with Crippen LogP contribution < -0.4 is 29.1 Å². The number of nitrogens with zero attached hydrogens (tertiary/aromatic N) is 3. The third kappa shape index (κ3) is 6.72. The predicted molar refractivity (Wildman–Crippen MR) is 174 cm³/mol. The van der Waals surface area contributed by atoms with E-state index in [2.05, 4.69) is 27.0 Å². The van der Waals surface area contributed by atoms with Crippen LogP contribution in [0.3, 0.4) is 0 Å². The van der Waals surface area contributed by atoms with E-state index in [-0.39, 0.29) is 17.7 Å². The Hall–Kier alpha value is -4.66. The zero-order chi connectivity index (χ0) is 32.1. The summed E-state index contributed by atoms with van der Waals surface area (Å²) in [5.41, 5.74) is 3.42. The van der Waals surface area contributed by atoms with Gasteiger partial charge >= 0.3 is 5.97 Å². The molecule has 5 rings (SSSR count). The van der Waals surface area contributed by atoms with Crippen molar-refractivity contribution in [2.45, 2.75) is 33.4 Å². The van der Waals surface area contributed by atoms with Gasteiger partial charge in [-0.25, -0.2) is 9.79 Å². The number of benzene rings is 3. The second kappa shape index (κ2) is 14.0. The number of methoxy groups -OCH3 is 1. The highest BCUT2D eigenvalue weighted by molar-refractivity contribution is 9.10. The molecule has 1 aliphatic heterocycles. The molecule has 3 aromatic carbocycles. The van der Waals surface area contributed by atoms with Gasteiger partial charge in [0.2, 0.25) is 0 Å². The van der Waals surface area contributed by atoms with Crippen LogP contribution in [0, 0.1) is 11.3 Å². The number of carbonyl (C=O) groups is 1. The van der Waals surface area contributed by atoms with Crippen molar-refractivity contribution in [2.24, 2.45) is 4.99 Å². The summed E-state index contributed by atoms with van der Waals surface area (Å²) >= 11 is 4.89. The van der Waals surface area contributed by atoms with Gasteiger partial charge in [-0.2, -0.15) is 5.26 Å². The molecule has 0 bridgehead atoms. The molecular weight excluding hydrogens is 658 g/mol. The van der Waals surface area contributed by atoms with Gasteiger partial charge in [-0.05, 0) is 79.9 Å². The molecule has 0 N–H and O–H groups in total. The summed E-state index contributed by atoms with van der Waals surface area (Å²) in [7, 11) is 1.54. The lowest BCUT2D eigenvalue weighted by Crippen LogP contribution is -2.40. The normalized spacial score (nSPS) is 14.3. The maximum absolute atomic E-state index is 14.0. The van der Waals surface area contributed by atoms with Crippen LogP contribution in [0.5, 0.6) is 17.2 Å². The summed E-state index contributed by atoms with van der Waals surface area (Å²) in [6.07, 6.45) is 1.79. The molecule has 0 saturated carbocycles. The van der Waals surface area contributed by atoms with Crippen LogP contribution in [-0.2, 0) is 16.1 Å². The van der Waals surface area contributed by atoms with Crippen molar-refractivity contribution >= 4 is 39.3 Å². The molecule has 0 spiro atoms. The smallest absolute Gasteiger partial charge is 0.338 e. The number of allylic oxidation sites excluding steroid dienone is 1. The van der Waals surface area contributed by atoms with Gasteiger partial charge in [-0.1, -0.05) is 51.5 Å². The summed E-state index contributed by atoms with van der Waals surface area (Å²) < 4.78 is 25.3. The maximum atomic E-state index is 14.0. The molecule has 11 heteroatoms. The molecule has 0 unspecified atom stereocenters. The van der Waals surface area contributed by atoms with Gasteiger partial charge in [0.1, 0.15) is 12.4 Å². The fourth-order valence-electron chi connectivity index (χ4n) is 4.93. The first kappa shape index (κ1) is 31.8. The second-order valence-corrected chi connectivity index (χ2v) is 11.8. The van der Waals surface area contributed by atoms with E-state index in [1.54, 1.807) is 44.2 Å². The minimum absolute atomic E-state index is 0.174. The Morgan fingerprint density at radius 3 is 2.44 bits per heavy atom. The number of rotatable bonds is 10. The number of hydrogen-bond acceptors (Lipinski definition) is 9. The van der Waals surface area contributed by atoms with Crippen LogP contribution in [0.1, 0.15) is 49.1 Å². The largest absolute Gasteiger partial charge is 0.493 e. The van der Waals surface area contributed by atoms with E-state index in [0.29, 0.717) is 61.1 Å². The van der Waals surface area contributed by atoms with Crippen LogP contribution in [-0.4, -0.2) is 30.9 Å². The van der Waals surface area contributed by atoms with Gasteiger partial charge in [0, 0.05) is 4.47 Å². The number of hydrogen-bond donors (Lipinski definition) is 0. The van der Waals surface area contributed by atoms with Gasteiger partial charge in [-0.3, -0.25) is 9.36 Å². The fourth-order valence-corrected chi connectivity index (χ4v) is 6.51. The summed E-state index contributed by atoms with van der Waals surface area (Å²) in [5.74, 6) is 1.12. The Bertz CT molecular complexity index is 1990. The summed E-state index contributed by atoms with van der Waals surface area (Å²) in [5, 5.41) is 8.98. The van der Waals surface area contributed by atoms with Crippen molar-refractivity contribution in [3.63, 3.8) is 0 Å². The molecular formula is C34H30BrN3O6S. The topological polar surface area (TPSA) is 112 Å². The molecule has 0 fully saturated rings. The molecule has 1 atom stereocenters. The third-order valence-corrected chi connectivity index (χ3v) is 8.73. The Labute approximate surface area is 272 Å². The number of carbonyl (C=O) groups excluding carboxylic acids is 1. The van der Waals surface area contributed by atoms with Crippen LogP contribution >= 0.6 is 27.3 Å². The van der Waals surface area contributed by atoms with E-state index >= 15 is 0 Å². The van der Waals surface area contributed by atoms with E-state index in [1.807, 2.05) is 43.3 Å². The molecule has 4 aromatic rings. The highest BCUT2D eigenvalue weighted by Gasteiger charge is 2.35. The molecule has 9 nitrogen and oxygen atoms in total. The maximum Gasteiger partial charge on any atom is 0.338 e. The van der Waals surface area contributed by atoms with Crippen molar-refractivity contribution in [2.75, 3.05) is 20.3 Å². The minimum atomic E-state index is -0.820. The number of fused-ring (bicyclic) bond motifs is 1. The standard InChI is InChI=1S/C34H30BrN3O6S/c1-5-42-28-17-26(35)25(16-27(28)41-4)31-30(33(40)43-6-2)20(3)37-34-38(31)32(39)29(45-34)15-21-11-13-24(14-12-21)44-19-23-9-7-22(18-36)8-10-23/h7-17,31H,5-6,19H2,1-4H3/b29-15+/t31-/m0/s1. The van der Waals surface area contributed by atoms with Crippen molar-refractivity contribution in [3.05, 3.63) is 118 Å². The third-order valence-electron chi connectivity index (χ3n) is 7.06. The lowest BCUT2D eigenvalue weighted by atomic mass is 9.95. The molecule has 1 aromatic heterocycles. The van der Waals surface area contributed by atoms with Crippen LogP contribution in [0.25, 0.3) is 6.08 Å². The van der Waals surface area contributed by atoms with Gasteiger partial charge in [0.15, 0.2) is 16.3 Å². The first-order chi connectivity index (χ1) is 21.8. The van der Waals surface area contributed by atoms with E-state index < -0.39 is 12.0 Å². The van der Waals surface area contributed by atoms with Gasteiger partial charge in [0.05, 0.1) is 53.8 Å². The average Bonchev–Trinajstić information content (AvgIpc) is 3.34. The van der Waals surface area contributed by atoms with Crippen LogP contribution in [0.4, 0.5) is 0 Å². The minimum Gasteiger partial charge on any atom is -0.493 e. The number of thiazole rings is 1. The average molecular weight is 689 g/mol. The van der Waals surface area contributed by atoms with Crippen molar-refractivity contribution < 1.29 is 23.7 Å². The van der Waals surface area contributed by atoms with Crippen molar-refractivity contribution in [1.29, 1.82) is 5.26 Å². The Kier molecular flexibility index (Phi) is 9.86. The van der Waals surface area contributed by atoms with E-state index in [0.717, 1.165) is 11.1 Å². The Morgan fingerprint density at radius 2 is 1.80 bits per heavy atom. The number of ether oxygens (including phenoxy) is 4. The number of aromatic nitrogens is 1. The summed E-state index contributed by atoms with van der Waals surface area (Å²) in [6.45, 7) is 6.33. The molecule has 0 saturated heterocycles. The van der Waals surface area contributed by atoms with Crippen molar-refractivity contribution in [1.82, 2.24) is 4.57 Å². The van der Waals surface area contributed by atoms with Crippen molar-refractivity contribution in [3.8, 4) is 23.3 Å². The highest BCUT2D eigenvalue weighted by atomic mass is 79.9. The predicted octanol–water partition coefficient (Wildman–Crippen LogP) is 5.42. The Morgan fingerprint density at radius 1 is 1.07 bits per heavy atom. The molecule has 0 aliphatic carbocycles. The molecule has 2 heterocycles. The lowest BCUT2D eigenvalue weighted by molar-refractivity contribution is -0.139. The quantitative estimate of drug-likeness (QED) is 0.205. The van der Waals surface area contributed by atoms with E-state index in [9.17, 15) is 9.59 Å². The number of halogens is 1. The molecule has 45 heavy (non-hydrogen) atoms. The van der Waals surface area contributed by atoms with E-state index in [4.69, 9.17) is 24.2 Å². The number of esters is 1. The second-order valence-electron chi connectivity index (χ2n) is 9.93. The highest BCUT2D eigenvalue weighted by Crippen LogP contribution is 2.41. The first-order valence-corrected chi connectivity index (χ1v) is 15.8. The Balaban J connectivity index is 1.53. The zero-order valence-corrected chi connectivity index (χ0v) is 27.5. The molecule has 0 radical (unpaired) electrons. The number of nitriles is 1. The SMILES string of the molecule is CCOC(=O)C1=C(C)N=c2s/c(=C/c3ccc(OCc4ccc(C#N)cc4)cc3)c(=O)n2[C@H]1c1cc(OC)c(OCC)cc1Br. The first-order valence-electron chi connectivity index (χ1n) is 14.2. The summed E-state index contributed by atoms with van der Waals surface area (Å²) in [6, 6.07) is 19.5. The monoisotopic (exact) mass is 687 g/mol. The van der Waals surface area contributed by atoms with Gasteiger partial charge in [-0.15, -0.1) is 0 Å². The summed E-state index contributed by atoms with van der Waals surface area (Å²) in [4.78, 5) is 32.4.